The van der Waals surface area contributed by atoms with Crippen LogP contribution in [-0.2, 0) is 28.4 Å². The lowest BCUT2D eigenvalue weighted by molar-refractivity contribution is -0.0253. The molecule has 0 radical (unpaired) electrons. The molecule has 164 valence electrons. The fourth-order valence-electron chi connectivity index (χ4n) is 1.99. The van der Waals surface area contributed by atoms with E-state index in [2.05, 4.69) is 13.8 Å². The molecule has 0 aromatic rings. The van der Waals surface area contributed by atoms with Crippen LogP contribution in [0.15, 0.2) is 0 Å². The van der Waals surface area contributed by atoms with Crippen LogP contribution >= 0.6 is 0 Å². The first-order chi connectivity index (χ1) is 13.2. The minimum atomic E-state index is -0.388. The highest BCUT2D eigenvalue weighted by molar-refractivity contribution is 4.56. The van der Waals surface area contributed by atoms with Gasteiger partial charge in [0, 0.05) is 0 Å². The van der Waals surface area contributed by atoms with Gasteiger partial charge in [-0.05, 0) is 18.8 Å². The van der Waals surface area contributed by atoms with Crippen molar-refractivity contribution in [3.8, 4) is 0 Å². The zero-order valence-electron chi connectivity index (χ0n) is 17.1. The molecule has 2 N–H and O–H groups in total. The molecule has 0 aliphatic rings. The maximum absolute atomic E-state index is 9.71. The standard InChI is InChI=1S/C19H40O8/c1-18(2)3-4-19(21)17-27-16-15-26-14-13-25-12-11-24-10-9-23-8-7-22-6-5-20/h18-21H,3-17H2,1-2H3. The molecule has 1 unspecified atom stereocenters. The van der Waals surface area contributed by atoms with E-state index in [9.17, 15) is 5.11 Å². The molecule has 0 heterocycles. The Morgan fingerprint density at radius 3 is 1.30 bits per heavy atom. The van der Waals surface area contributed by atoms with Crippen molar-refractivity contribution in [3.63, 3.8) is 0 Å². The molecule has 0 rings (SSSR count). The van der Waals surface area contributed by atoms with E-state index in [4.69, 9.17) is 33.5 Å². The molecular formula is C19H40O8. The predicted octanol–water partition coefficient (Wildman–Crippen LogP) is 0.875. The number of hydrogen-bond acceptors (Lipinski definition) is 8. The van der Waals surface area contributed by atoms with Crippen LogP contribution in [0.4, 0.5) is 0 Å². The molecule has 0 fully saturated rings. The lowest BCUT2D eigenvalue weighted by Gasteiger charge is -2.12. The highest BCUT2D eigenvalue weighted by Crippen LogP contribution is 2.06. The van der Waals surface area contributed by atoms with E-state index < -0.39 is 0 Å². The maximum atomic E-state index is 9.71. The lowest BCUT2D eigenvalue weighted by atomic mass is 10.1. The molecule has 0 bridgehead atoms. The average Bonchev–Trinajstić information content (AvgIpc) is 2.65. The van der Waals surface area contributed by atoms with Gasteiger partial charge in [-0.3, -0.25) is 0 Å². The Bertz CT molecular complexity index is 278. The van der Waals surface area contributed by atoms with Crippen LogP contribution in [0.1, 0.15) is 26.7 Å². The third-order valence-electron chi connectivity index (χ3n) is 3.48. The van der Waals surface area contributed by atoms with Crippen LogP contribution in [0.3, 0.4) is 0 Å². The van der Waals surface area contributed by atoms with Crippen LogP contribution in [0.2, 0.25) is 0 Å². The summed E-state index contributed by atoms with van der Waals surface area (Å²) in [5.41, 5.74) is 0. The van der Waals surface area contributed by atoms with Gasteiger partial charge in [-0.1, -0.05) is 13.8 Å². The van der Waals surface area contributed by atoms with Crippen LogP contribution in [0, 0.1) is 5.92 Å². The molecule has 0 spiro atoms. The monoisotopic (exact) mass is 396 g/mol. The molecule has 8 nitrogen and oxygen atoms in total. The van der Waals surface area contributed by atoms with Crippen molar-refractivity contribution >= 4 is 0 Å². The Morgan fingerprint density at radius 2 is 0.926 bits per heavy atom. The summed E-state index contributed by atoms with van der Waals surface area (Å²) in [5.74, 6) is 0.602. The molecule has 0 amide bonds. The van der Waals surface area contributed by atoms with E-state index in [0.29, 0.717) is 85.2 Å². The third kappa shape index (κ3) is 23.6. The normalized spacial score (nSPS) is 12.8. The number of ether oxygens (including phenoxy) is 6. The minimum absolute atomic E-state index is 0.0324. The van der Waals surface area contributed by atoms with Gasteiger partial charge in [0.25, 0.3) is 0 Å². The summed E-state index contributed by atoms with van der Waals surface area (Å²) < 4.78 is 31.9. The topological polar surface area (TPSA) is 95.8 Å². The first-order valence-electron chi connectivity index (χ1n) is 9.92. The van der Waals surface area contributed by atoms with Crippen molar-refractivity contribution < 1.29 is 38.6 Å². The van der Waals surface area contributed by atoms with Crippen LogP contribution in [0.5, 0.6) is 0 Å². The van der Waals surface area contributed by atoms with Gasteiger partial charge in [0.05, 0.1) is 92.0 Å². The molecule has 0 saturated heterocycles. The van der Waals surface area contributed by atoms with Gasteiger partial charge in [0.1, 0.15) is 0 Å². The Labute approximate surface area is 164 Å². The molecule has 0 aliphatic carbocycles. The summed E-state index contributed by atoms with van der Waals surface area (Å²) in [6, 6.07) is 0. The van der Waals surface area contributed by atoms with E-state index >= 15 is 0 Å². The van der Waals surface area contributed by atoms with Gasteiger partial charge >= 0.3 is 0 Å². The molecule has 27 heavy (non-hydrogen) atoms. The van der Waals surface area contributed by atoms with Crippen LogP contribution in [-0.4, -0.2) is 102 Å². The van der Waals surface area contributed by atoms with Crippen molar-refractivity contribution in [2.45, 2.75) is 32.8 Å². The Balaban J connectivity index is 3.07. The van der Waals surface area contributed by atoms with Gasteiger partial charge in [0.2, 0.25) is 0 Å². The van der Waals surface area contributed by atoms with Crippen molar-refractivity contribution in [2.75, 3.05) is 85.9 Å². The lowest BCUT2D eigenvalue weighted by Crippen LogP contribution is -2.18. The second kappa shape index (κ2) is 22.0. The number of rotatable bonds is 22. The smallest absolute Gasteiger partial charge is 0.0773 e. The maximum Gasteiger partial charge on any atom is 0.0773 e. The first kappa shape index (κ1) is 26.7. The van der Waals surface area contributed by atoms with Crippen molar-refractivity contribution in [3.05, 3.63) is 0 Å². The quantitative estimate of drug-likeness (QED) is 0.260. The highest BCUT2D eigenvalue weighted by atomic mass is 16.6. The van der Waals surface area contributed by atoms with Crippen LogP contribution < -0.4 is 0 Å². The fraction of sp³-hybridized carbons (Fsp3) is 1.00. The van der Waals surface area contributed by atoms with Gasteiger partial charge in [-0.2, -0.15) is 0 Å². The predicted molar refractivity (Wildman–Crippen MR) is 102 cm³/mol. The Kier molecular flexibility index (Phi) is 21.7. The van der Waals surface area contributed by atoms with Gasteiger partial charge < -0.3 is 38.6 Å². The average molecular weight is 397 g/mol. The summed E-state index contributed by atoms with van der Waals surface area (Å²) >= 11 is 0. The van der Waals surface area contributed by atoms with E-state index in [-0.39, 0.29) is 12.7 Å². The van der Waals surface area contributed by atoms with E-state index in [0.717, 1.165) is 12.8 Å². The van der Waals surface area contributed by atoms with Crippen molar-refractivity contribution in [1.29, 1.82) is 0 Å². The SMILES string of the molecule is CC(C)CCC(O)COCCOCCOCCOCCOCCOCCO. The Hall–Kier alpha value is -0.320. The fourth-order valence-corrected chi connectivity index (χ4v) is 1.99. The minimum Gasteiger partial charge on any atom is -0.394 e. The molecule has 8 heteroatoms. The summed E-state index contributed by atoms with van der Waals surface area (Å²) in [4.78, 5) is 0. The molecule has 0 aromatic heterocycles. The van der Waals surface area contributed by atoms with Gasteiger partial charge in [-0.25, -0.2) is 0 Å². The summed E-state index contributed by atoms with van der Waals surface area (Å²) in [5, 5.41) is 18.2. The van der Waals surface area contributed by atoms with Crippen LogP contribution in [0.25, 0.3) is 0 Å². The second-order valence-corrected chi connectivity index (χ2v) is 6.49. The second-order valence-electron chi connectivity index (χ2n) is 6.49. The molecule has 0 saturated carbocycles. The summed E-state index contributed by atoms with van der Waals surface area (Å²) in [6.45, 7) is 10.1. The number of aliphatic hydroxyl groups excluding tert-OH is 2. The zero-order valence-corrected chi connectivity index (χ0v) is 17.1. The summed E-state index contributed by atoms with van der Waals surface area (Å²) in [6.07, 6.45) is 1.40. The molecule has 0 aliphatic heterocycles. The van der Waals surface area contributed by atoms with Gasteiger partial charge in [-0.15, -0.1) is 0 Å². The van der Waals surface area contributed by atoms with E-state index in [1.165, 1.54) is 0 Å². The molecule has 0 aromatic carbocycles. The van der Waals surface area contributed by atoms with Crippen molar-refractivity contribution in [1.82, 2.24) is 0 Å². The molecular weight excluding hydrogens is 356 g/mol. The largest absolute Gasteiger partial charge is 0.394 e. The number of aliphatic hydroxyl groups is 2. The number of hydrogen-bond donors (Lipinski definition) is 2. The van der Waals surface area contributed by atoms with E-state index in [1.54, 1.807) is 0 Å². The zero-order chi connectivity index (χ0) is 20.0. The first-order valence-corrected chi connectivity index (χ1v) is 9.92. The summed E-state index contributed by atoms with van der Waals surface area (Å²) in [7, 11) is 0. The highest BCUT2D eigenvalue weighted by Gasteiger charge is 2.05. The van der Waals surface area contributed by atoms with E-state index in [1.807, 2.05) is 0 Å². The molecule has 1 atom stereocenters. The van der Waals surface area contributed by atoms with Gasteiger partial charge in [0.15, 0.2) is 0 Å². The Morgan fingerprint density at radius 1 is 0.556 bits per heavy atom. The van der Waals surface area contributed by atoms with Crippen molar-refractivity contribution in [2.24, 2.45) is 5.92 Å². The third-order valence-corrected chi connectivity index (χ3v) is 3.48.